The summed E-state index contributed by atoms with van der Waals surface area (Å²) in [6, 6.07) is 18.0. The monoisotopic (exact) mass is 432 g/mol. The van der Waals surface area contributed by atoms with Gasteiger partial charge < -0.3 is 20.3 Å². The molecular weight excluding hydrogens is 412 g/mol. The van der Waals surface area contributed by atoms with Gasteiger partial charge in [0, 0.05) is 5.56 Å². The third-order valence-electron chi connectivity index (χ3n) is 4.86. The normalized spacial score (nSPS) is 10.3. The lowest BCUT2D eigenvalue weighted by Crippen LogP contribution is -2.06. The average molecular weight is 432 g/mol. The van der Waals surface area contributed by atoms with Crippen LogP contribution >= 0.6 is 0 Å². The van der Waals surface area contributed by atoms with Crippen LogP contribution in [0.15, 0.2) is 60.7 Å². The fourth-order valence-corrected chi connectivity index (χ4v) is 3.30. The van der Waals surface area contributed by atoms with Crippen molar-refractivity contribution in [3.8, 4) is 11.3 Å². The van der Waals surface area contributed by atoms with Gasteiger partial charge in [0.2, 0.25) is 0 Å². The smallest absolute Gasteiger partial charge is 0.356 e. The van der Waals surface area contributed by atoms with Crippen LogP contribution in [-0.2, 0) is 0 Å². The van der Waals surface area contributed by atoms with E-state index < -0.39 is 17.9 Å². The molecule has 0 aliphatic carbocycles. The van der Waals surface area contributed by atoms with Gasteiger partial charge in [0.25, 0.3) is 0 Å². The van der Waals surface area contributed by atoms with Gasteiger partial charge in [0.1, 0.15) is 5.82 Å². The fourth-order valence-electron chi connectivity index (χ4n) is 3.30. The van der Waals surface area contributed by atoms with E-state index in [1.54, 1.807) is 6.92 Å². The molecule has 8 nitrogen and oxygen atoms in total. The first-order valence-corrected chi connectivity index (χ1v) is 9.54. The predicted molar refractivity (Wildman–Crippen MR) is 118 cm³/mol. The number of hydrogen-bond donors (Lipinski definition) is 4. The molecule has 4 rings (SSSR count). The van der Waals surface area contributed by atoms with Crippen LogP contribution in [0.3, 0.4) is 0 Å². The Morgan fingerprint density at radius 2 is 1.34 bits per heavy atom. The molecule has 0 saturated carbocycles. The average Bonchev–Trinajstić information content (AvgIpc) is 3.15. The lowest BCUT2D eigenvalue weighted by atomic mass is 10.0. The Bertz CT molecular complexity index is 1310. The second kappa shape index (κ2) is 9.13. The minimum absolute atomic E-state index is 0.0277. The standard InChI is InChI=1S/C15H12N2O2.C9H8O4/c1-9-16-13(14(17-9)15(18)19)12-7-6-10-4-2-3-5-11(10)8-12;1-5-6(8(10)11)3-2-4-7(5)9(12)13/h2-8H,1H3,(H,16,17)(H,18,19);2-4H,1H3,(H,10,11)(H,12,13). The fraction of sp³-hybridized carbons (Fsp3) is 0.0833. The summed E-state index contributed by atoms with van der Waals surface area (Å²) in [6.07, 6.45) is 0. The van der Waals surface area contributed by atoms with Gasteiger partial charge in [0.05, 0.1) is 16.8 Å². The number of hydrogen-bond acceptors (Lipinski definition) is 4. The molecule has 0 saturated heterocycles. The molecule has 0 aliphatic heterocycles. The van der Waals surface area contributed by atoms with Gasteiger partial charge in [-0.25, -0.2) is 19.4 Å². The highest BCUT2D eigenvalue weighted by Gasteiger charge is 2.17. The number of aromatic carboxylic acids is 3. The first-order valence-electron chi connectivity index (χ1n) is 9.54. The molecular formula is C24H20N2O6. The van der Waals surface area contributed by atoms with E-state index in [1.165, 1.54) is 25.1 Å². The van der Waals surface area contributed by atoms with Gasteiger partial charge >= 0.3 is 17.9 Å². The Morgan fingerprint density at radius 1 is 0.750 bits per heavy atom. The lowest BCUT2D eigenvalue weighted by molar-refractivity contribution is 0.0678. The maximum Gasteiger partial charge on any atom is 0.356 e. The van der Waals surface area contributed by atoms with Crippen molar-refractivity contribution in [3.05, 3.63) is 88.9 Å². The number of nitrogens with zero attached hydrogens (tertiary/aromatic N) is 1. The van der Waals surface area contributed by atoms with Crippen LogP contribution < -0.4 is 0 Å². The maximum absolute atomic E-state index is 11.2. The lowest BCUT2D eigenvalue weighted by Gasteiger charge is -2.03. The number of fused-ring (bicyclic) bond motifs is 1. The summed E-state index contributed by atoms with van der Waals surface area (Å²) in [6.45, 7) is 3.23. The maximum atomic E-state index is 11.2. The number of aromatic amines is 1. The third kappa shape index (κ3) is 4.65. The summed E-state index contributed by atoms with van der Waals surface area (Å²) in [4.78, 5) is 39.4. The van der Waals surface area contributed by atoms with Crippen molar-refractivity contribution in [3.63, 3.8) is 0 Å². The zero-order chi connectivity index (χ0) is 23.4. The van der Waals surface area contributed by atoms with E-state index in [4.69, 9.17) is 10.2 Å². The van der Waals surface area contributed by atoms with E-state index in [1.807, 2.05) is 42.5 Å². The van der Waals surface area contributed by atoms with Crippen molar-refractivity contribution in [2.45, 2.75) is 13.8 Å². The van der Waals surface area contributed by atoms with Gasteiger partial charge in [0.15, 0.2) is 5.69 Å². The van der Waals surface area contributed by atoms with Crippen molar-refractivity contribution in [1.82, 2.24) is 9.97 Å². The summed E-state index contributed by atoms with van der Waals surface area (Å²) in [5, 5.41) is 28.7. The number of carbonyl (C=O) groups is 3. The molecule has 0 unspecified atom stereocenters. The zero-order valence-corrected chi connectivity index (χ0v) is 17.3. The second-order valence-electron chi connectivity index (χ2n) is 7.00. The summed E-state index contributed by atoms with van der Waals surface area (Å²) < 4.78 is 0. The first kappa shape index (κ1) is 22.2. The summed E-state index contributed by atoms with van der Waals surface area (Å²) in [7, 11) is 0. The van der Waals surface area contributed by atoms with E-state index in [0.29, 0.717) is 11.5 Å². The molecule has 0 radical (unpaired) electrons. The van der Waals surface area contributed by atoms with E-state index in [0.717, 1.165) is 16.3 Å². The summed E-state index contributed by atoms with van der Waals surface area (Å²) in [5.74, 6) is -2.64. The minimum atomic E-state index is -1.11. The molecule has 4 aromatic rings. The quantitative estimate of drug-likeness (QED) is 0.368. The van der Waals surface area contributed by atoms with Crippen LogP contribution in [0.1, 0.15) is 42.6 Å². The molecule has 1 heterocycles. The molecule has 32 heavy (non-hydrogen) atoms. The highest BCUT2D eigenvalue weighted by molar-refractivity contribution is 5.96. The van der Waals surface area contributed by atoms with Crippen LogP contribution in [0.2, 0.25) is 0 Å². The van der Waals surface area contributed by atoms with Crippen molar-refractivity contribution in [1.29, 1.82) is 0 Å². The minimum Gasteiger partial charge on any atom is -0.478 e. The Hall–Kier alpha value is -4.46. The highest BCUT2D eigenvalue weighted by Crippen LogP contribution is 2.26. The molecule has 0 spiro atoms. The van der Waals surface area contributed by atoms with Crippen LogP contribution in [0.4, 0.5) is 0 Å². The van der Waals surface area contributed by atoms with Crippen molar-refractivity contribution in [2.75, 3.05) is 0 Å². The van der Waals surface area contributed by atoms with Crippen LogP contribution in [0.25, 0.3) is 22.0 Å². The first-order chi connectivity index (χ1) is 15.2. The number of aromatic nitrogens is 2. The van der Waals surface area contributed by atoms with Crippen molar-refractivity contribution >= 4 is 28.7 Å². The second-order valence-corrected chi connectivity index (χ2v) is 7.00. The van der Waals surface area contributed by atoms with E-state index in [2.05, 4.69) is 9.97 Å². The van der Waals surface area contributed by atoms with Gasteiger partial charge in [-0.1, -0.05) is 42.5 Å². The van der Waals surface area contributed by atoms with Gasteiger partial charge in [-0.05, 0) is 48.4 Å². The number of H-pyrrole nitrogens is 1. The molecule has 0 fully saturated rings. The number of imidazole rings is 1. The Kier molecular flexibility index (Phi) is 6.34. The summed E-state index contributed by atoms with van der Waals surface area (Å²) >= 11 is 0. The number of rotatable bonds is 4. The number of carboxylic acids is 3. The Labute approximate surface area is 182 Å². The summed E-state index contributed by atoms with van der Waals surface area (Å²) in [5.41, 5.74) is 1.78. The van der Waals surface area contributed by atoms with E-state index in [9.17, 15) is 19.5 Å². The number of benzene rings is 3. The van der Waals surface area contributed by atoms with Gasteiger partial charge in [-0.2, -0.15) is 0 Å². The Morgan fingerprint density at radius 3 is 1.91 bits per heavy atom. The van der Waals surface area contributed by atoms with Crippen LogP contribution in [0, 0.1) is 13.8 Å². The van der Waals surface area contributed by atoms with E-state index >= 15 is 0 Å². The molecule has 1 aromatic heterocycles. The third-order valence-corrected chi connectivity index (χ3v) is 4.86. The molecule has 0 bridgehead atoms. The molecule has 0 aliphatic rings. The van der Waals surface area contributed by atoms with E-state index in [-0.39, 0.29) is 22.4 Å². The molecule has 4 N–H and O–H groups in total. The topological polar surface area (TPSA) is 141 Å². The molecule has 0 atom stereocenters. The highest BCUT2D eigenvalue weighted by atomic mass is 16.4. The number of aryl methyl sites for hydroxylation is 1. The van der Waals surface area contributed by atoms with Gasteiger partial charge in [-0.3, -0.25) is 0 Å². The van der Waals surface area contributed by atoms with Crippen LogP contribution in [-0.4, -0.2) is 43.2 Å². The van der Waals surface area contributed by atoms with Crippen LogP contribution in [0.5, 0.6) is 0 Å². The Balaban J connectivity index is 0.000000195. The largest absolute Gasteiger partial charge is 0.478 e. The molecule has 162 valence electrons. The zero-order valence-electron chi connectivity index (χ0n) is 17.3. The number of nitrogens with one attached hydrogen (secondary N) is 1. The number of carboxylic acid groups (broad SMARTS) is 3. The molecule has 3 aromatic carbocycles. The van der Waals surface area contributed by atoms with Crippen molar-refractivity contribution in [2.24, 2.45) is 0 Å². The van der Waals surface area contributed by atoms with Gasteiger partial charge in [-0.15, -0.1) is 0 Å². The van der Waals surface area contributed by atoms with Crippen molar-refractivity contribution < 1.29 is 29.7 Å². The molecule has 8 heteroatoms. The SMILES string of the molecule is Cc1c(C(=O)O)cccc1C(=O)O.Cc1nc(C(=O)O)c(-c2ccc3ccccc3c2)[nH]1. The molecule has 0 amide bonds. The predicted octanol–water partition coefficient (Wildman–Crippen LogP) is 4.63.